The van der Waals surface area contributed by atoms with Crippen LogP contribution in [0.4, 0.5) is 15.8 Å². The van der Waals surface area contributed by atoms with Crippen LogP contribution in [0.25, 0.3) is 0 Å². The van der Waals surface area contributed by atoms with E-state index in [4.69, 9.17) is 9.47 Å². The zero-order chi connectivity index (χ0) is 22.1. The van der Waals surface area contributed by atoms with Gasteiger partial charge in [-0.2, -0.15) is 5.11 Å². The fourth-order valence-corrected chi connectivity index (χ4v) is 3.47. The van der Waals surface area contributed by atoms with E-state index in [0.29, 0.717) is 11.5 Å². The van der Waals surface area contributed by atoms with E-state index in [0.717, 1.165) is 9.91 Å². The average Bonchev–Trinajstić information content (AvgIpc) is 3.28. The Morgan fingerprint density at radius 1 is 1.10 bits per heavy atom. The van der Waals surface area contributed by atoms with Gasteiger partial charge in [-0.15, -0.1) is 0 Å². The lowest BCUT2D eigenvalue weighted by Crippen LogP contribution is -2.43. The molecule has 0 unspecified atom stereocenters. The first kappa shape index (κ1) is 20.3. The van der Waals surface area contributed by atoms with Gasteiger partial charge in [-0.3, -0.25) is 19.4 Å². The molecule has 3 amide bonds. The van der Waals surface area contributed by atoms with Gasteiger partial charge in [0.1, 0.15) is 12.4 Å². The molecule has 0 aliphatic carbocycles. The van der Waals surface area contributed by atoms with Crippen molar-refractivity contribution in [3.63, 3.8) is 0 Å². The molecule has 2 aromatic rings. The molecule has 0 spiro atoms. The molecule has 2 heterocycles. The van der Waals surface area contributed by atoms with Crippen LogP contribution >= 0.6 is 0 Å². The normalized spacial score (nSPS) is 19.6. The van der Waals surface area contributed by atoms with Crippen molar-refractivity contribution >= 4 is 29.1 Å². The molecule has 2 aliphatic rings. The molecule has 31 heavy (non-hydrogen) atoms. The molecule has 0 bridgehead atoms. The van der Waals surface area contributed by atoms with Gasteiger partial charge in [-0.1, -0.05) is 17.4 Å². The molecule has 10 nitrogen and oxygen atoms in total. The summed E-state index contributed by atoms with van der Waals surface area (Å²) in [6.07, 6.45) is 0. The Hall–Kier alpha value is -4.02. The van der Waals surface area contributed by atoms with E-state index in [-0.39, 0.29) is 17.9 Å². The summed E-state index contributed by atoms with van der Waals surface area (Å²) >= 11 is 0. The molecule has 0 radical (unpaired) electrons. The number of halogens is 1. The highest BCUT2D eigenvalue weighted by molar-refractivity contribution is 6.25. The van der Waals surface area contributed by atoms with Gasteiger partial charge in [0.05, 0.1) is 25.6 Å². The number of rotatable bonds is 6. The third-order valence-corrected chi connectivity index (χ3v) is 4.94. The number of imide groups is 1. The van der Waals surface area contributed by atoms with Crippen LogP contribution in [-0.4, -0.2) is 55.6 Å². The van der Waals surface area contributed by atoms with Crippen LogP contribution in [0.1, 0.15) is 0 Å². The molecule has 2 aromatic carbocycles. The predicted molar refractivity (Wildman–Crippen MR) is 106 cm³/mol. The molecule has 1 fully saturated rings. The van der Waals surface area contributed by atoms with Crippen molar-refractivity contribution < 1.29 is 28.2 Å². The number of carbonyl (C=O) groups excluding carboxylic acids is 3. The Bertz CT molecular complexity index is 1090. The van der Waals surface area contributed by atoms with Crippen LogP contribution in [0, 0.1) is 5.82 Å². The summed E-state index contributed by atoms with van der Waals surface area (Å²) in [7, 11) is 2.91. The van der Waals surface area contributed by atoms with Crippen molar-refractivity contribution in [1.82, 2.24) is 5.01 Å². The van der Waals surface area contributed by atoms with E-state index in [2.05, 4.69) is 15.7 Å². The first-order valence-corrected chi connectivity index (χ1v) is 9.26. The number of fused-ring (bicyclic) bond motifs is 1. The van der Waals surface area contributed by atoms with Crippen molar-refractivity contribution in [2.75, 3.05) is 31.0 Å². The monoisotopic (exact) mass is 427 g/mol. The van der Waals surface area contributed by atoms with Crippen LogP contribution in [0.5, 0.6) is 11.5 Å². The quantitative estimate of drug-likeness (QED) is 0.703. The number of benzene rings is 2. The van der Waals surface area contributed by atoms with Crippen LogP contribution in [-0.2, 0) is 14.4 Å². The number of methoxy groups -OCH3 is 2. The van der Waals surface area contributed by atoms with Crippen LogP contribution in [0.2, 0.25) is 0 Å². The molecule has 2 aliphatic heterocycles. The molecule has 0 saturated carbocycles. The third-order valence-electron chi connectivity index (χ3n) is 4.94. The molecule has 11 heteroatoms. The van der Waals surface area contributed by atoms with Gasteiger partial charge in [0.2, 0.25) is 5.91 Å². The number of hydrogen-bond donors (Lipinski definition) is 1. The maximum absolute atomic E-state index is 13.8. The van der Waals surface area contributed by atoms with Gasteiger partial charge >= 0.3 is 0 Å². The first-order valence-electron chi connectivity index (χ1n) is 9.26. The Kier molecular flexibility index (Phi) is 5.24. The van der Waals surface area contributed by atoms with E-state index < -0.39 is 35.6 Å². The molecule has 2 atom stereocenters. The maximum Gasteiger partial charge on any atom is 0.263 e. The average molecular weight is 427 g/mol. The Labute approximate surface area is 176 Å². The van der Waals surface area contributed by atoms with Crippen molar-refractivity contribution in [2.45, 2.75) is 12.1 Å². The second-order valence-corrected chi connectivity index (χ2v) is 6.77. The zero-order valence-corrected chi connectivity index (χ0v) is 16.6. The minimum Gasteiger partial charge on any atom is -0.493 e. The van der Waals surface area contributed by atoms with Gasteiger partial charge in [-0.25, -0.2) is 9.29 Å². The van der Waals surface area contributed by atoms with Crippen LogP contribution in [0.3, 0.4) is 0 Å². The standard InChI is InChI=1S/C20H18FN5O5/c1-30-14-8-7-11(9-15(14)31-2)26-19(28)17-18(20(26)29)25(24-23-17)10-16(27)22-13-6-4-3-5-12(13)21/h3-9,17-18H,10H2,1-2H3,(H,22,27)/t17-,18+/m1/s1. The SMILES string of the molecule is COc1ccc(N2C(=O)[C@@H]3[C@@H](N=NN3CC(=O)Nc3ccccc3F)C2=O)cc1OC. The second-order valence-electron chi connectivity index (χ2n) is 6.77. The molecule has 4 rings (SSSR count). The van der Waals surface area contributed by atoms with Crippen molar-refractivity contribution in [1.29, 1.82) is 0 Å². The number of carbonyl (C=O) groups is 3. The highest BCUT2D eigenvalue weighted by Gasteiger charge is 2.55. The van der Waals surface area contributed by atoms with Gasteiger partial charge in [0, 0.05) is 6.07 Å². The van der Waals surface area contributed by atoms with Crippen LogP contribution in [0.15, 0.2) is 52.8 Å². The zero-order valence-electron chi connectivity index (χ0n) is 16.6. The fourth-order valence-electron chi connectivity index (χ4n) is 3.47. The molecule has 160 valence electrons. The Morgan fingerprint density at radius 2 is 1.84 bits per heavy atom. The minimum absolute atomic E-state index is 0.000893. The number of para-hydroxylation sites is 1. The first-order chi connectivity index (χ1) is 14.9. The number of nitrogens with zero attached hydrogens (tertiary/aromatic N) is 4. The van der Waals surface area contributed by atoms with E-state index in [1.54, 1.807) is 18.2 Å². The van der Waals surface area contributed by atoms with Gasteiger partial charge in [-0.05, 0) is 24.3 Å². The highest BCUT2D eigenvalue weighted by atomic mass is 19.1. The molecule has 0 aromatic heterocycles. The Balaban J connectivity index is 1.52. The van der Waals surface area contributed by atoms with Crippen molar-refractivity contribution in [3.8, 4) is 11.5 Å². The summed E-state index contributed by atoms with van der Waals surface area (Å²) < 4.78 is 24.2. The van der Waals surface area contributed by atoms with E-state index in [9.17, 15) is 18.8 Å². The van der Waals surface area contributed by atoms with Gasteiger partial charge in [0.25, 0.3) is 11.8 Å². The van der Waals surface area contributed by atoms with Crippen LogP contribution < -0.4 is 19.7 Å². The predicted octanol–water partition coefficient (Wildman–Crippen LogP) is 1.77. The highest BCUT2D eigenvalue weighted by Crippen LogP contribution is 2.36. The lowest BCUT2D eigenvalue weighted by atomic mass is 10.1. The van der Waals surface area contributed by atoms with Crippen molar-refractivity contribution in [3.05, 3.63) is 48.3 Å². The van der Waals surface area contributed by atoms with Gasteiger partial charge in [0.15, 0.2) is 23.6 Å². The fraction of sp³-hybridized carbons (Fsp3) is 0.250. The number of amides is 3. The largest absolute Gasteiger partial charge is 0.493 e. The lowest BCUT2D eigenvalue weighted by molar-refractivity contribution is -0.123. The molecular formula is C20H18FN5O5. The summed E-state index contributed by atoms with van der Waals surface area (Å²) in [5.41, 5.74) is 0.286. The summed E-state index contributed by atoms with van der Waals surface area (Å²) in [6, 6.07) is 8.18. The summed E-state index contributed by atoms with van der Waals surface area (Å²) in [6.45, 7) is -0.377. The summed E-state index contributed by atoms with van der Waals surface area (Å²) in [5.74, 6) is -1.55. The minimum atomic E-state index is -1.07. The summed E-state index contributed by atoms with van der Waals surface area (Å²) in [5, 5.41) is 11.2. The number of nitrogens with one attached hydrogen (secondary N) is 1. The van der Waals surface area contributed by atoms with Gasteiger partial charge < -0.3 is 14.8 Å². The van der Waals surface area contributed by atoms with Crippen molar-refractivity contribution in [2.24, 2.45) is 10.3 Å². The number of ether oxygens (including phenoxy) is 2. The smallest absolute Gasteiger partial charge is 0.263 e. The maximum atomic E-state index is 13.8. The Morgan fingerprint density at radius 3 is 2.55 bits per heavy atom. The van der Waals surface area contributed by atoms with E-state index in [1.807, 2.05) is 0 Å². The molecular weight excluding hydrogens is 409 g/mol. The number of anilines is 2. The second kappa shape index (κ2) is 8.01. The molecule has 1 saturated heterocycles. The summed E-state index contributed by atoms with van der Waals surface area (Å²) in [4.78, 5) is 39.2. The lowest BCUT2D eigenvalue weighted by Gasteiger charge is -2.20. The third kappa shape index (κ3) is 3.54. The molecule has 1 N–H and O–H groups in total. The van der Waals surface area contributed by atoms with E-state index in [1.165, 1.54) is 38.5 Å². The number of hydrogen-bond acceptors (Lipinski definition) is 8. The topological polar surface area (TPSA) is 113 Å². The van der Waals surface area contributed by atoms with E-state index >= 15 is 0 Å².